The van der Waals surface area contributed by atoms with Gasteiger partial charge in [0.15, 0.2) is 5.69 Å². The van der Waals surface area contributed by atoms with Crippen LogP contribution in [-0.2, 0) is 12.8 Å². The Morgan fingerprint density at radius 3 is 2.46 bits per heavy atom. The van der Waals surface area contributed by atoms with Gasteiger partial charge in [-0.25, -0.2) is 13.9 Å². The molecule has 1 aliphatic rings. The number of fused-ring (bicyclic) bond motifs is 1. The van der Waals surface area contributed by atoms with Crippen LogP contribution in [0.2, 0.25) is 0 Å². The number of hydrogen-bond acceptors (Lipinski definition) is 3. The number of carbonyl (C=O) groups excluding carboxylic acids is 1. The van der Waals surface area contributed by atoms with Crippen LogP contribution in [0.3, 0.4) is 0 Å². The van der Waals surface area contributed by atoms with Crippen molar-refractivity contribution >= 4 is 5.97 Å². The first-order chi connectivity index (χ1) is 12.6. The second kappa shape index (κ2) is 6.75. The molecule has 0 N–H and O–H groups in total. The normalized spacial score (nSPS) is 13.3. The van der Waals surface area contributed by atoms with Crippen LogP contribution in [0.25, 0.3) is 5.69 Å². The number of aromatic nitrogens is 2. The van der Waals surface area contributed by atoms with Gasteiger partial charge >= 0.3 is 5.97 Å². The average molecular weight is 350 g/mol. The van der Waals surface area contributed by atoms with Crippen LogP contribution < -0.4 is 4.74 Å². The van der Waals surface area contributed by atoms with Crippen LogP contribution in [-0.4, -0.2) is 15.7 Å². The van der Waals surface area contributed by atoms with E-state index in [1.807, 2.05) is 19.1 Å². The Labute approximate surface area is 151 Å². The van der Waals surface area contributed by atoms with Gasteiger partial charge in [0.05, 0.1) is 5.69 Å². The highest BCUT2D eigenvalue weighted by molar-refractivity contribution is 5.91. The molecule has 5 heteroatoms. The summed E-state index contributed by atoms with van der Waals surface area (Å²) < 4.78 is 20.5. The summed E-state index contributed by atoms with van der Waals surface area (Å²) in [6.07, 6.45) is 3.71. The molecule has 0 atom stereocenters. The average Bonchev–Trinajstić information content (AvgIpc) is 3.04. The van der Waals surface area contributed by atoms with Gasteiger partial charge in [-0.15, -0.1) is 0 Å². The van der Waals surface area contributed by atoms with Crippen molar-refractivity contribution in [2.45, 2.75) is 32.6 Å². The van der Waals surface area contributed by atoms with Gasteiger partial charge in [-0.05, 0) is 69.0 Å². The van der Waals surface area contributed by atoms with Crippen LogP contribution in [0, 0.1) is 12.7 Å². The van der Waals surface area contributed by atoms with Crippen molar-refractivity contribution in [2.24, 2.45) is 0 Å². The van der Waals surface area contributed by atoms with Gasteiger partial charge in [0.2, 0.25) is 0 Å². The van der Waals surface area contributed by atoms with Gasteiger partial charge in [0.1, 0.15) is 11.6 Å². The van der Waals surface area contributed by atoms with E-state index in [0.717, 1.165) is 48.2 Å². The summed E-state index contributed by atoms with van der Waals surface area (Å²) in [5, 5.41) is 4.53. The fraction of sp³-hybridized carbons (Fsp3) is 0.238. The molecule has 26 heavy (non-hydrogen) atoms. The van der Waals surface area contributed by atoms with E-state index in [1.54, 1.807) is 28.9 Å². The van der Waals surface area contributed by atoms with Crippen molar-refractivity contribution in [2.75, 3.05) is 0 Å². The molecule has 1 aromatic heterocycles. The third-order valence-electron chi connectivity index (χ3n) is 4.68. The topological polar surface area (TPSA) is 44.1 Å². The first kappa shape index (κ1) is 16.5. The smallest absolute Gasteiger partial charge is 0.364 e. The number of aryl methyl sites for hydroxylation is 1. The fourth-order valence-electron chi connectivity index (χ4n) is 3.32. The minimum Gasteiger partial charge on any atom is -0.422 e. The lowest BCUT2D eigenvalue weighted by molar-refractivity contribution is 0.0727. The first-order valence-corrected chi connectivity index (χ1v) is 8.77. The SMILES string of the molecule is Cc1ccc(OC(=O)c2nn(-c3ccc(F)cc3)c3c2CCCC3)cc1. The van der Waals surface area contributed by atoms with Crippen molar-refractivity contribution in [1.82, 2.24) is 9.78 Å². The first-order valence-electron chi connectivity index (χ1n) is 8.77. The molecule has 2 aromatic carbocycles. The molecule has 0 aliphatic heterocycles. The molecule has 0 spiro atoms. The predicted octanol–water partition coefficient (Wildman–Crippen LogP) is 4.42. The van der Waals surface area contributed by atoms with E-state index < -0.39 is 5.97 Å². The highest BCUT2D eigenvalue weighted by atomic mass is 19.1. The van der Waals surface area contributed by atoms with E-state index in [9.17, 15) is 9.18 Å². The molecule has 0 unspecified atom stereocenters. The van der Waals surface area contributed by atoms with E-state index in [2.05, 4.69) is 5.10 Å². The third kappa shape index (κ3) is 3.12. The second-order valence-electron chi connectivity index (χ2n) is 6.57. The Bertz CT molecular complexity index is 943. The molecular weight excluding hydrogens is 331 g/mol. The molecule has 0 bridgehead atoms. The zero-order valence-corrected chi connectivity index (χ0v) is 14.5. The largest absolute Gasteiger partial charge is 0.422 e. The number of ether oxygens (including phenoxy) is 1. The number of carbonyl (C=O) groups is 1. The zero-order valence-electron chi connectivity index (χ0n) is 14.5. The minimum absolute atomic E-state index is 0.297. The standard InChI is InChI=1S/C21H19FN2O2/c1-14-6-12-17(13-7-14)26-21(25)20-18-4-2-3-5-19(18)24(23-20)16-10-8-15(22)9-11-16/h6-13H,2-5H2,1H3. The maximum atomic E-state index is 13.2. The summed E-state index contributed by atoms with van der Waals surface area (Å²) in [6, 6.07) is 13.5. The Morgan fingerprint density at radius 1 is 1.04 bits per heavy atom. The van der Waals surface area contributed by atoms with E-state index in [-0.39, 0.29) is 5.82 Å². The Hall–Kier alpha value is -2.95. The van der Waals surface area contributed by atoms with Gasteiger partial charge in [0.25, 0.3) is 0 Å². The van der Waals surface area contributed by atoms with Crippen molar-refractivity contribution in [1.29, 1.82) is 0 Å². The van der Waals surface area contributed by atoms with Crippen LogP contribution in [0.15, 0.2) is 48.5 Å². The van der Waals surface area contributed by atoms with Crippen LogP contribution in [0.5, 0.6) is 5.75 Å². The summed E-state index contributed by atoms with van der Waals surface area (Å²) >= 11 is 0. The van der Waals surface area contributed by atoms with Gasteiger partial charge < -0.3 is 4.74 Å². The molecule has 1 aliphatic carbocycles. The molecule has 4 rings (SSSR count). The molecule has 0 saturated heterocycles. The van der Waals surface area contributed by atoms with Gasteiger partial charge in [-0.3, -0.25) is 0 Å². The van der Waals surface area contributed by atoms with Crippen LogP contribution in [0.1, 0.15) is 40.2 Å². The Balaban J connectivity index is 1.70. The summed E-state index contributed by atoms with van der Waals surface area (Å²) in [6.45, 7) is 1.98. The quantitative estimate of drug-likeness (QED) is 0.519. The summed E-state index contributed by atoms with van der Waals surface area (Å²) in [7, 11) is 0. The van der Waals surface area contributed by atoms with Gasteiger partial charge in [0, 0.05) is 11.3 Å². The highest BCUT2D eigenvalue weighted by Gasteiger charge is 2.26. The van der Waals surface area contributed by atoms with Crippen molar-refractivity contribution < 1.29 is 13.9 Å². The van der Waals surface area contributed by atoms with E-state index in [1.165, 1.54) is 12.1 Å². The second-order valence-corrected chi connectivity index (χ2v) is 6.57. The molecular formula is C21H19FN2O2. The summed E-state index contributed by atoms with van der Waals surface area (Å²) in [4.78, 5) is 12.7. The number of halogens is 1. The number of benzene rings is 2. The molecule has 3 aromatic rings. The van der Waals surface area contributed by atoms with Crippen LogP contribution >= 0.6 is 0 Å². The number of hydrogen-bond donors (Lipinski definition) is 0. The zero-order chi connectivity index (χ0) is 18.1. The number of rotatable bonds is 3. The van der Waals surface area contributed by atoms with Crippen LogP contribution in [0.4, 0.5) is 4.39 Å². The van der Waals surface area contributed by atoms with E-state index in [0.29, 0.717) is 11.4 Å². The maximum absolute atomic E-state index is 13.2. The Kier molecular flexibility index (Phi) is 4.29. The lowest BCUT2D eigenvalue weighted by Crippen LogP contribution is -2.13. The van der Waals surface area contributed by atoms with Gasteiger partial charge in [-0.1, -0.05) is 17.7 Å². The summed E-state index contributed by atoms with van der Waals surface area (Å²) in [5.41, 5.74) is 4.16. The fourth-order valence-corrected chi connectivity index (χ4v) is 3.32. The van der Waals surface area contributed by atoms with E-state index in [4.69, 9.17) is 4.74 Å². The summed E-state index contributed by atoms with van der Waals surface area (Å²) in [5.74, 6) is -0.247. The third-order valence-corrected chi connectivity index (χ3v) is 4.68. The number of nitrogens with zero attached hydrogens (tertiary/aromatic N) is 2. The molecule has 4 nitrogen and oxygen atoms in total. The van der Waals surface area contributed by atoms with Crippen molar-refractivity contribution in [3.63, 3.8) is 0 Å². The molecule has 0 fully saturated rings. The lowest BCUT2D eigenvalue weighted by atomic mass is 9.95. The molecule has 0 radical (unpaired) electrons. The monoisotopic (exact) mass is 350 g/mol. The predicted molar refractivity (Wildman–Crippen MR) is 96.3 cm³/mol. The molecule has 1 heterocycles. The maximum Gasteiger partial charge on any atom is 0.364 e. The highest BCUT2D eigenvalue weighted by Crippen LogP contribution is 2.28. The van der Waals surface area contributed by atoms with Gasteiger partial charge in [-0.2, -0.15) is 5.10 Å². The number of esters is 1. The van der Waals surface area contributed by atoms with Crippen molar-refractivity contribution in [3.8, 4) is 11.4 Å². The lowest BCUT2D eigenvalue weighted by Gasteiger charge is -2.14. The Morgan fingerprint density at radius 2 is 1.73 bits per heavy atom. The molecule has 0 saturated carbocycles. The van der Waals surface area contributed by atoms with Crippen molar-refractivity contribution in [3.05, 3.63) is 76.9 Å². The molecule has 0 amide bonds. The minimum atomic E-state index is -0.451. The van der Waals surface area contributed by atoms with E-state index >= 15 is 0 Å². The molecule has 132 valence electrons.